The number of pyridine rings is 1. The monoisotopic (exact) mass is 607 g/mol. The molecule has 0 radical (unpaired) electrons. The van der Waals surface area contributed by atoms with Gasteiger partial charge in [0.2, 0.25) is 0 Å². The zero-order valence-electron chi connectivity index (χ0n) is 20.8. The molecule has 1 N–H and O–H groups in total. The fraction of sp³-hybridized carbons (Fsp3) is 0.360. The van der Waals surface area contributed by atoms with E-state index in [1.54, 1.807) is 0 Å². The number of anilines is 1. The molecule has 206 valence electrons. The van der Waals surface area contributed by atoms with Gasteiger partial charge >= 0.3 is 12.3 Å². The third-order valence-electron chi connectivity index (χ3n) is 5.18. The zero-order valence-corrected chi connectivity index (χ0v) is 22.4. The van der Waals surface area contributed by atoms with Gasteiger partial charge in [-0.2, -0.15) is 13.2 Å². The Morgan fingerprint density at radius 3 is 2.16 bits per heavy atom. The molecule has 2 aromatic carbocycles. The first-order chi connectivity index (χ1) is 17.6. The largest absolute Gasteiger partial charge is 0.494 e. The van der Waals surface area contributed by atoms with Gasteiger partial charge in [0.15, 0.2) is 11.6 Å². The van der Waals surface area contributed by atoms with Crippen LogP contribution < -0.4 is 15.0 Å². The van der Waals surface area contributed by atoms with E-state index < -0.39 is 41.9 Å². The van der Waals surface area contributed by atoms with Gasteiger partial charge in [0.25, 0.3) is 0 Å². The van der Waals surface area contributed by atoms with Crippen molar-refractivity contribution in [3.63, 3.8) is 0 Å². The minimum absolute atomic E-state index is 0.0181. The van der Waals surface area contributed by atoms with Gasteiger partial charge in [-0.15, -0.1) is 0 Å². The average molecular weight is 608 g/mol. The molecule has 0 fully saturated rings. The molecule has 0 atom stereocenters. The molecule has 1 aromatic heterocycles. The summed E-state index contributed by atoms with van der Waals surface area (Å²) in [6.45, 7) is 2.06. The number of nitrogens with one attached hydrogen (secondary N) is 1. The van der Waals surface area contributed by atoms with Gasteiger partial charge in [-0.25, -0.2) is 18.0 Å². The van der Waals surface area contributed by atoms with E-state index in [1.165, 1.54) is 33.9 Å². The maximum absolute atomic E-state index is 14.7. The fourth-order valence-corrected chi connectivity index (χ4v) is 4.01. The van der Waals surface area contributed by atoms with Gasteiger partial charge < -0.3 is 14.8 Å². The number of carbonyl (C=O) groups excluding carboxylic acids is 1. The van der Waals surface area contributed by atoms with Crippen LogP contribution in [0, 0.1) is 17.5 Å². The highest BCUT2D eigenvalue weighted by molar-refractivity contribution is 9.10. The number of halogens is 7. The highest BCUT2D eigenvalue weighted by Crippen LogP contribution is 2.34. The standard InChI is InChI=1S/C25H24BrF6N3O3/c1-24(2,3)38-23(36)35(12-25(30,31)32)21-11-34-20-8-22(37-4)19(29)7-14(20)15(21)9-33-10-16-17(27)5-13(26)6-18(16)28/h5-8,11,33H,9-10,12H2,1-4H3. The number of carbonyl (C=O) groups is 1. The second-order valence-corrected chi connectivity index (χ2v) is 10.2. The Kier molecular flexibility index (Phi) is 8.82. The molecule has 6 nitrogen and oxygen atoms in total. The molecular weight excluding hydrogens is 584 g/mol. The summed E-state index contributed by atoms with van der Waals surface area (Å²) in [5, 5.41) is 2.82. The molecule has 0 aliphatic rings. The number of rotatable bonds is 7. The number of methoxy groups -OCH3 is 1. The lowest BCUT2D eigenvalue weighted by Gasteiger charge is -2.29. The van der Waals surface area contributed by atoms with Crippen LogP contribution in [0.15, 0.2) is 34.9 Å². The Morgan fingerprint density at radius 2 is 1.61 bits per heavy atom. The molecule has 13 heteroatoms. The third kappa shape index (κ3) is 7.28. The number of benzene rings is 2. The summed E-state index contributed by atoms with van der Waals surface area (Å²) in [6.07, 6.45) is -5.12. The normalized spacial score (nSPS) is 12.1. The molecule has 1 amide bonds. The first-order valence-corrected chi connectivity index (χ1v) is 12.0. The fourth-order valence-electron chi connectivity index (χ4n) is 3.61. The number of fused-ring (bicyclic) bond motifs is 1. The van der Waals surface area contributed by atoms with Crippen LogP contribution >= 0.6 is 15.9 Å². The van der Waals surface area contributed by atoms with E-state index in [-0.39, 0.29) is 51.0 Å². The molecule has 0 unspecified atom stereocenters. The van der Waals surface area contributed by atoms with Crippen molar-refractivity contribution in [2.75, 3.05) is 18.6 Å². The number of aromatic nitrogens is 1. The number of nitrogens with zero attached hydrogens (tertiary/aromatic N) is 2. The van der Waals surface area contributed by atoms with Crippen LogP contribution in [0.1, 0.15) is 31.9 Å². The molecule has 1 heterocycles. The lowest BCUT2D eigenvalue weighted by Crippen LogP contribution is -2.43. The average Bonchev–Trinajstić information content (AvgIpc) is 2.77. The SMILES string of the molecule is COc1cc2ncc(N(CC(F)(F)F)C(=O)OC(C)(C)C)c(CNCc3c(F)cc(Br)cc3F)c2cc1F. The molecule has 0 aliphatic heterocycles. The second-order valence-electron chi connectivity index (χ2n) is 9.26. The highest BCUT2D eigenvalue weighted by atomic mass is 79.9. The van der Waals surface area contributed by atoms with Gasteiger partial charge in [0.1, 0.15) is 23.8 Å². The molecule has 0 aliphatic carbocycles. The van der Waals surface area contributed by atoms with Crippen LogP contribution in [0.3, 0.4) is 0 Å². The number of hydrogen-bond donors (Lipinski definition) is 1. The number of hydrogen-bond acceptors (Lipinski definition) is 5. The molecule has 0 saturated carbocycles. The van der Waals surface area contributed by atoms with Crippen LogP contribution in [0.25, 0.3) is 10.9 Å². The summed E-state index contributed by atoms with van der Waals surface area (Å²) in [4.78, 5) is 17.3. The lowest BCUT2D eigenvalue weighted by molar-refractivity contribution is -0.119. The van der Waals surface area contributed by atoms with Crippen LogP contribution in [0.2, 0.25) is 0 Å². The summed E-state index contributed by atoms with van der Waals surface area (Å²) in [5.74, 6) is -2.69. The molecule has 0 saturated heterocycles. The van der Waals surface area contributed by atoms with Gasteiger partial charge in [-0.1, -0.05) is 15.9 Å². The van der Waals surface area contributed by atoms with Crippen LogP contribution in [-0.2, 0) is 17.8 Å². The van der Waals surface area contributed by atoms with Crippen molar-refractivity contribution in [3.8, 4) is 5.75 Å². The molecule has 0 spiro atoms. The zero-order chi connectivity index (χ0) is 28.4. The highest BCUT2D eigenvalue weighted by Gasteiger charge is 2.37. The van der Waals surface area contributed by atoms with Crippen molar-refractivity contribution >= 4 is 38.6 Å². The maximum atomic E-state index is 14.7. The Bertz CT molecular complexity index is 1320. The quantitative estimate of drug-likeness (QED) is 0.293. The van der Waals surface area contributed by atoms with Crippen molar-refractivity contribution in [2.45, 2.75) is 45.6 Å². The van der Waals surface area contributed by atoms with Crippen molar-refractivity contribution in [2.24, 2.45) is 0 Å². The maximum Gasteiger partial charge on any atom is 0.415 e. The van der Waals surface area contributed by atoms with Crippen molar-refractivity contribution in [3.05, 3.63) is 63.5 Å². The van der Waals surface area contributed by atoms with E-state index >= 15 is 0 Å². The van der Waals surface area contributed by atoms with Gasteiger partial charge in [-0.05, 0) is 39.0 Å². The summed E-state index contributed by atoms with van der Waals surface area (Å²) in [5.41, 5.74) is -1.59. The van der Waals surface area contributed by atoms with Crippen LogP contribution in [-0.4, -0.2) is 36.5 Å². The summed E-state index contributed by atoms with van der Waals surface area (Å²) < 4.78 is 94.2. The van der Waals surface area contributed by atoms with Gasteiger partial charge in [-0.3, -0.25) is 9.88 Å². The Morgan fingerprint density at radius 1 is 1.00 bits per heavy atom. The topological polar surface area (TPSA) is 63.7 Å². The number of ether oxygens (including phenoxy) is 2. The van der Waals surface area contributed by atoms with E-state index in [0.29, 0.717) is 4.90 Å². The number of alkyl halides is 3. The summed E-state index contributed by atoms with van der Waals surface area (Å²) in [7, 11) is 1.23. The van der Waals surface area contributed by atoms with Crippen LogP contribution in [0.5, 0.6) is 5.75 Å². The van der Waals surface area contributed by atoms with E-state index in [1.807, 2.05) is 0 Å². The first kappa shape index (κ1) is 29.5. The first-order valence-electron chi connectivity index (χ1n) is 11.2. The molecule has 0 bridgehead atoms. The van der Waals surface area contributed by atoms with E-state index in [2.05, 4.69) is 26.2 Å². The minimum Gasteiger partial charge on any atom is -0.494 e. The smallest absolute Gasteiger partial charge is 0.415 e. The van der Waals surface area contributed by atoms with Crippen LogP contribution in [0.4, 0.5) is 36.8 Å². The minimum atomic E-state index is -4.83. The second kappa shape index (κ2) is 11.4. The summed E-state index contributed by atoms with van der Waals surface area (Å²) >= 11 is 2.99. The van der Waals surface area contributed by atoms with Crippen molar-refractivity contribution in [1.29, 1.82) is 0 Å². The van der Waals surface area contributed by atoms with E-state index in [4.69, 9.17) is 9.47 Å². The third-order valence-corrected chi connectivity index (χ3v) is 5.64. The van der Waals surface area contributed by atoms with Crippen molar-refractivity contribution < 1.29 is 40.6 Å². The molecule has 3 aromatic rings. The lowest BCUT2D eigenvalue weighted by atomic mass is 10.1. The Hall–Kier alpha value is -3.06. The summed E-state index contributed by atoms with van der Waals surface area (Å²) in [6, 6.07) is 4.36. The van der Waals surface area contributed by atoms with E-state index in [0.717, 1.165) is 24.4 Å². The predicted molar refractivity (Wildman–Crippen MR) is 132 cm³/mol. The molecular formula is C25H24BrF6N3O3. The Labute approximate surface area is 223 Å². The Balaban J connectivity index is 2.12. The van der Waals surface area contributed by atoms with E-state index in [9.17, 15) is 31.1 Å². The number of amides is 1. The predicted octanol–water partition coefficient (Wildman–Crippen LogP) is 7.02. The van der Waals surface area contributed by atoms with Gasteiger partial charge in [0, 0.05) is 40.1 Å². The van der Waals surface area contributed by atoms with Gasteiger partial charge in [0.05, 0.1) is 24.5 Å². The van der Waals surface area contributed by atoms with Crippen molar-refractivity contribution in [1.82, 2.24) is 10.3 Å². The molecule has 3 rings (SSSR count). The molecule has 38 heavy (non-hydrogen) atoms.